The zero-order valence-electron chi connectivity index (χ0n) is 8.18. The van der Waals surface area contributed by atoms with Crippen LogP contribution in [0.1, 0.15) is 52.4 Å². The summed E-state index contributed by atoms with van der Waals surface area (Å²) in [5.41, 5.74) is 0.0247. The second kappa shape index (κ2) is 7.82. The second-order valence-corrected chi connectivity index (χ2v) is 5.10. The van der Waals surface area contributed by atoms with E-state index >= 15 is 0 Å². The van der Waals surface area contributed by atoms with Crippen molar-refractivity contribution in [2.45, 2.75) is 58.0 Å². The molecule has 0 aliphatic rings. The average molecular weight is 192 g/mol. The topological polar surface area (TPSA) is 37.3 Å². The molecule has 3 heteroatoms. The summed E-state index contributed by atoms with van der Waals surface area (Å²) < 4.78 is 10.6. The number of rotatable bonds is 7. The lowest BCUT2D eigenvalue weighted by Crippen LogP contribution is -1.94. The smallest absolute Gasteiger partial charge is 0.191 e. The van der Waals surface area contributed by atoms with E-state index in [9.17, 15) is 4.57 Å². The van der Waals surface area contributed by atoms with Crippen molar-refractivity contribution < 1.29 is 9.46 Å². The molecule has 0 heterocycles. The van der Waals surface area contributed by atoms with Crippen LogP contribution in [0.15, 0.2) is 0 Å². The minimum absolute atomic E-state index is 0.0247. The van der Waals surface area contributed by atoms with Crippen LogP contribution in [-0.4, -0.2) is 10.6 Å². The molecule has 0 aliphatic carbocycles. The number of hydrogen-bond acceptors (Lipinski definition) is 1. The zero-order valence-corrected chi connectivity index (χ0v) is 9.18. The van der Waals surface area contributed by atoms with E-state index in [1.165, 1.54) is 25.7 Å². The molecule has 0 spiro atoms. The molecule has 0 aliphatic heterocycles. The van der Waals surface area contributed by atoms with Crippen molar-refractivity contribution >= 4 is 8.03 Å². The third kappa shape index (κ3) is 6.87. The van der Waals surface area contributed by atoms with Gasteiger partial charge in [0, 0.05) is 5.66 Å². The SMILES string of the molecule is CCCCCCCC(C)[PH](=O)O. The van der Waals surface area contributed by atoms with Gasteiger partial charge >= 0.3 is 0 Å². The van der Waals surface area contributed by atoms with Gasteiger partial charge in [0.05, 0.1) is 0 Å². The first-order valence-corrected chi connectivity index (χ1v) is 6.34. The molecule has 0 saturated heterocycles. The lowest BCUT2D eigenvalue weighted by atomic mass is 10.1. The Hall–Kier alpha value is 0.190. The van der Waals surface area contributed by atoms with Crippen molar-refractivity contribution in [3.8, 4) is 0 Å². The molecule has 2 unspecified atom stereocenters. The minimum Gasteiger partial charge on any atom is -0.346 e. The maximum Gasteiger partial charge on any atom is 0.191 e. The van der Waals surface area contributed by atoms with E-state index in [0.29, 0.717) is 0 Å². The van der Waals surface area contributed by atoms with Crippen LogP contribution in [0, 0.1) is 0 Å². The molecular weight excluding hydrogens is 171 g/mol. The van der Waals surface area contributed by atoms with Crippen LogP contribution in [0.4, 0.5) is 0 Å². The summed E-state index contributed by atoms with van der Waals surface area (Å²) >= 11 is 0. The Kier molecular flexibility index (Phi) is 7.94. The fourth-order valence-electron chi connectivity index (χ4n) is 1.18. The summed E-state index contributed by atoms with van der Waals surface area (Å²) in [4.78, 5) is 8.77. The van der Waals surface area contributed by atoms with Gasteiger partial charge in [0.1, 0.15) is 0 Å². The monoisotopic (exact) mass is 192 g/mol. The van der Waals surface area contributed by atoms with Crippen molar-refractivity contribution in [3.05, 3.63) is 0 Å². The van der Waals surface area contributed by atoms with E-state index in [0.717, 1.165) is 12.8 Å². The Labute approximate surface area is 76.2 Å². The summed E-state index contributed by atoms with van der Waals surface area (Å²) in [5.74, 6) is 0. The number of unbranched alkanes of at least 4 members (excludes halogenated alkanes) is 4. The summed E-state index contributed by atoms with van der Waals surface area (Å²) in [6.07, 6.45) is 7.06. The van der Waals surface area contributed by atoms with Gasteiger partial charge in [0.15, 0.2) is 8.03 Å². The van der Waals surface area contributed by atoms with Crippen molar-refractivity contribution in [2.24, 2.45) is 0 Å². The van der Waals surface area contributed by atoms with Crippen LogP contribution in [0.2, 0.25) is 0 Å². The molecule has 0 bridgehead atoms. The quantitative estimate of drug-likeness (QED) is 0.496. The predicted octanol–water partition coefficient (Wildman–Crippen LogP) is 3.20. The van der Waals surface area contributed by atoms with Gasteiger partial charge in [-0.15, -0.1) is 0 Å². The third-order valence-corrected chi connectivity index (χ3v) is 3.29. The second-order valence-electron chi connectivity index (χ2n) is 3.44. The molecule has 0 saturated carbocycles. The van der Waals surface area contributed by atoms with Crippen LogP contribution in [0.3, 0.4) is 0 Å². The predicted molar refractivity (Wildman–Crippen MR) is 54.1 cm³/mol. The average Bonchev–Trinajstić information content (AvgIpc) is 2.03. The molecule has 12 heavy (non-hydrogen) atoms. The highest BCUT2D eigenvalue weighted by Crippen LogP contribution is 2.26. The Morgan fingerprint density at radius 1 is 1.25 bits per heavy atom. The highest BCUT2D eigenvalue weighted by molar-refractivity contribution is 7.38. The van der Waals surface area contributed by atoms with Crippen molar-refractivity contribution in [1.29, 1.82) is 0 Å². The Morgan fingerprint density at radius 2 is 1.83 bits per heavy atom. The Morgan fingerprint density at radius 3 is 2.33 bits per heavy atom. The highest BCUT2D eigenvalue weighted by Gasteiger charge is 2.05. The summed E-state index contributed by atoms with van der Waals surface area (Å²) in [5, 5.41) is 0. The first-order chi connectivity index (χ1) is 5.68. The number of hydrogen-bond donors (Lipinski definition) is 1. The molecular formula is C9H21O2P. The molecule has 1 N–H and O–H groups in total. The Bertz CT molecular complexity index is 126. The lowest BCUT2D eigenvalue weighted by molar-refractivity contribution is 0.482. The largest absolute Gasteiger partial charge is 0.346 e. The lowest BCUT2D eigenvalue weighted by Gasteiger charge is -2.05. The van der Waals surface area contributed by atoms with Gasteiger partial charge in [-0.25, -0.2) is 0 Å². The van der Waals surface area contributed by atoms with E-state index in [4.69, 9.17) is 4.89 Å². The maximum absolute atomic E-state index is 10.6. The van der Waals surface area contributed by atoms with Crippen molar-refractivity contribution in [2.75, 3.05) is 0 Å². The van der Waals surface area contributed by atoms with E-state index in [1.54, 1.807) is 0 Å². The first-order valence-electron chi connectivity index (χ1n) is 4.91. The van der Waals surface area contributed by atoms with Crippen LogP contribution < -0.4 is 0 Å². The van der Waals surface area contributed by atoms with Gasteiger partial charge in [-0.05, 0) is 6.42 Å². The molecule has 2 atom stereocenters. The summed E-state index contributed by atoms with van der Waals surface area (Å²) in [7, 11) is -2.25. The zero-order chi connectivity index (χ0) is 9.40. The molecule has 0 radical (unpaired) electrons. The van der Waals surface area contributed by atoms with Crippen LogP contribution in [0.25, 0.3) is 0 Å². The molecule has 74 valence electrons. The fraction of sp³-hybridized carbons (Fsp3) is 1.00. The van der Waals surface area contributed by atoms with Gasteiger partial charge < -0.3 is 4.89 Å². The summed E-state index contributed by atoms with van der Waals surface area (Å²) in [6.45, 7) is 4.05. The van der Waals surface area contributed by atoms with Crippen LogP contribution in [0.5, 0.6) is 0 Å². The third-order valence-electron chi connectivity index (χ3n) is 2.16. The van der Waals surface area contributed by atoms with Gasteiger partial charge in [-0.2, -0.15) is 0 Å². The van der Waals surface area contributed by atoms with E-state index < -0.39 is 8.03 Å². The molecule has 0 rings (SSSR count). The normalized spacial score (nSPS) is 15.9. The van der Waals surface area contributed by atoms with Crippen molar-refractivity contribution in [1.82, 2.24) is 0 Å². The fourth-order valence-corrected chi connectivity index (χ4v) is 1.63. The first kappa shape index (κ1) is 12.2. The van der Waals surface area contributed by atoms with Gasteiger partial charge in [-0.3, -0.25) is 4.57 Å². The van der Waals surface area contributed by atoms with Crippen molar-refractivity contribution in [3.63, 3.8) is 0 Å². The van der Waals surface area contributed by atoms with Crippen LogP contribution >= 0.6 is 8.03 Å². The summed E-state index contributed by atoms with van der Waals surface area (Å²) in [6, 6.07) is 0. The molecule has 0 fully saturated rings. The molecule has 0 aromatic carbocycles. The minimum atomic E-state index is -2.25. The standard InChI is InChI=1S/C9H21O2P/c1-3-4-5-6-7-8-9(2)12(10)11/h9,12H,3-8H2,1-2H3,(H,10,11). The van der Waals surface area contributed by atoms with Crippen LogP contribution in [-0.2, 0) is 4.57 Å². The molecule has 0 aromatic rings. The van der Waals surface area contributed by atoms with Gasteiger partial charge in [0.2, 0.25) is 0 Å². The maximum atomic E-state index is 10.6. The van der Waals surface area contributed by atoms with E-state index in [2.05, 4.69) is 6.92 Å². The Balaban J connectivity index is 3.14. The molecule has 0 amide bonds. The van der Waals surface area contributed by atoms with Gasteiger partial charge in [-0.1, -0.05) is 46.0 Å². The molecule has 2 nitrogen and oxygen atoms in total. The highest BCUT2D eigenvalue weighted by atomic mass is 31.1. The van der Waals surface area contributed by atoms with E-state index in [1.807, 2.05) is 6.92 Å². The van der Waals surface area contributed by atoms with E-state index in [-0.39, 0.29) is 5.66 Å². The molecule has 0 aromatic heterocycles. The van der Waals surface area contributed by atoms with Gasteiger partial charge in [0.25, 0.3) is 0 Å².